The molecule has 2 aliphatic rings. The number of furan rings is 1. The zero-order chi connectivity index (χ0) is 14.9. The van der Waals surface area contributed by atoms with Crippen molar-refractivity contribution in [2.45, 2.75) is 30.6 Å². The van der Waals surface area contributed by atoms with Gasteiger partial charge in [-0.3, -0.25) is 0 Å². The van der Waals surface area contributed by atoms with Crippen molar-refractivity contribution in [3.8, 4) is 0 Å². The number of aliphatic hydroxyl groups is 1. The van der Waals surface area contributed by atoms with Crippen molar-refractivity contribution in [2.75, 3.05) is 18.8 Å². The highest BCUT2D eigenvalue weighted by molar-refractivity contribution is 8.77. The van der Waals surface area contributed by atoms with Crippen molar-refractivity contribution in [2.24, 2.45) is 5.92 Å². The van der Waals surface area contributed by atoms with Gasteiger partial charge in [-0.25, -0.2) is 0 Å². The lowest BCUT2D eigenvalue weighted by Gasteiger charge is -2.19. The quantitative estimate of drug-likeness (QED) is 0.821. The van der Waals surface area contributed by atoms with Gasteiger partial charge in [0.2, 0.25) is 0 Å². The molecule has 0 radical (unpaired) electrons. The van der Waals surface area contributed by atoms with Gasteiger partial charge in [0.05, 0.1) is 12.4 Å². The molecule has 1 aliphatic heterocycles. The van der Waals surface area contributed by atoms with Crippen molar-refractivity contribution >= 4 is 32.6 Å². The number of nitrogens with one attached hydrogen (secondary N) is 1. The van der Waals surface area contributed by atoms with Gasteiger partial charge in [0, 0.05) is 29.5 Å². The summed E-state index contributed by atoms with van der Waals surface area (Å²) in [5, 5.41) is 15.8. The molecule has 1 aliphatic carbocycles. The van der Waals surface area contributed by atoms with E-state index >= 15 is 0 Å². The van der Waals surface area contributed by atoms with Gasteiger partial charge in [0.1, 0.15) is 5.58 Å². The van der Waals surface area contributed by atoms with Gasteiger partial charge < -0.3 is 14.8 Å². The zero-order valence-electron chi connectivity index (χ0n) is 12.5. The maximum absolute atomic E-state index is 10.5. The molecule has 2 N–H and O–H groups in total. The Morgan fingerprint density at radius 1 is 1.32 bits per heavy atom. The Bertz CT molecular complexity index is 611. The lowest BCUT2D eigenvalue weighted by molar-refractivity contribution is 0.111. The third-order valence-electron chi connectivity index (χ3n) is 4.74. The van der Waals surface area contributed by atoms with E-state index in [0.29, 0.717) is 17.7 Å². The summed E-state index contributed by atoms with van der Waals surface area (Å²) in [6.45, 7) is 1.72. The van der Waals surface area contributed by atoms with E-state index in [9.17, 15) is 5.11 Å². The molecule has 3 atom stereocenters. The predicted octanol–water partition coefficient (Wildman–Crippen LogP) is 3.25. The minimum Gasteiger partial charge on any atom is -0.464 e. The minimum absolute atomic E-state index is 0.266. The number of hydrogen-bond donors (Lipinski definition) is 2. The monoisotopic (exact) mass is 335 g/mol. The molecule has 3 nitrogen and oxygen atoms in total. The van der Waals surface area contributed by atoms with Crippen LogP contribution < -0.4 is 5.32 Å². The molecule has 0 saturated carbocycles. The maximum atomic E-state index is 10.5. The number of hydrogen-bond acceptors (Lipinski definition) is 5. The van der Waals surface area contributed by atoms with Crippen LogP contribution in [-0.2, 0) is 12.8 Å². The van der Waals surface area contributed by atoms with Crippen LogP contribution in [0.15, 0.2) is 28.9 Å². The second-order valence-electron chi connectivity index (χ2n) is 6.30. The third-order valence-corrected chi connectivity index (χ3v) is 7.67. The molecule has 3 unspecified atom stereocenters. The molecule has 1 aromatic heterocycles. The Morgan fingerprint density at radius 2 is 2.18 bits per heavy atom. The van der Waals surface area contributed by atoms with Crippen LogP contribution in [-0.4, -0.2) is 35.3 Å². The zero-order valence-corrected chi connectivity index (χ0v) is 14.1. The van der Waals surface area contributed by atoms with Crippen molar-refractivity contribution in [1.82, 2.24) is 5.32 Å². The van der Waals surface area contributed by atoms with Crippen LogP contribution in [0.3, 0.4) is 0 Å². The van der Waals surface area contributed by atoms with Crippen LogP contribution in [0.1, 0.15) is 17.5 Å². The number of fused-ring (bicyclic) bond motifs is 2. The highest BCUT2D eigenvalue weighted by atomic mass is 33.1. The Labute approximate surface area is 138 Å². The molecular formula is C17H21NO2S2. The van der Waals surface area contributed by atoms with E-state index in [1.165, 1.54) is 28.7 Å². The average molecular weight is 335 g/mol. The molecule has 4 rings (SSSR count). The van der Waals surface area contributed by atoms with Gasteiger partial charge in [0.15, 0.2) is 0 Å². The Morgan fingerprint density at radius 3 is 3.00 bits per heavy atom. The van der Waals surface area contributed by atoms with Crippen LogP contribution in [0.2, 0.25) is 0 Å². The van der Waals surface area contributed by atoms with Crippen LogP contribution in [0.5, 0.6) is 0 Å². The van der Waals surface area contributed by atoms with E-state index in [0.717, 1.165) is 25.0 Å². The number of aliphatic hydroxyl groups excluding tert-OH is 1. The molecule has 2 heterocycles. The lowest BCUT2D eigenvalue weighted by Crippen LogP contribution is -2.36. The second-order valence-corrected chi connectivity index (χ2v) is 9.09. The molecule has 0 amide bonds. The van der Waals surface area contributed by atoms with Crippen LogP contribution in [0.25, 0.3) is 11.0 Å². The van der Waals surface area contributed by atoms with E-state index in [2.05, 4.69) is 17.4 Å². The fourth-order valence-electron chi connectivity index (χ4n) is 3.45. The Balaban J connectivity index is 1.33. The van der Waals surface area contributed by atoms with E-state index in [1.54, 1.807) is 6.26 Å². The van der Waals surface area contributed by atoms with Crippen LogP contribution >= 0.6 is 21.6 Å². The van der Waals surface area contributed by atoms with Gasteiger partial charge in [-0.05, 0) is 54.5 Å². The molecule has 2 aromatic rings. The summed E-state index contributed by atoms with van der Waals surface area (Å²) in [7, 11) is 3.95. The molecule has 22 heavy (non-hydrogen) atoms. The van der Waals surface area contributed by atoms with Crippen molar-refractivity contribution in [3.05, 3.63) is 35.6 Å². The van der Waals surface area contributed by atoms with Crippen LogP contribution in [0, 0.1) is 5.92 Å². The fraction of sp³-hybridized carbons (Fsp3) is 0.529. The summed E-state index contributed by atoms with van der Waals surface area (Å²) in [6, 6.07) is 6.39. The first-order valence-electron chi connectivity index (χ1n) is 7.95. The van der Waals surface area contributed by atoms with E-state index in [4.69, 9.17) is 4.42 Å². The Kier molecular flexibility index (Phi) is 4.40. The highest BCUT2D eigenvalue weighted by Gasteiger charge is 2.28. The number of benzene rings is 1. The molecule has 0 spiro atoms. The standard InChI is InChI=1S/C17H21NO2S2/c19-16(10-18-9-15-2-4-21-22-15)14-6-12-5-11-1-3-20-17(11)8-13(12)7-14/h1,3,5,8,14-16,18-19H,2,4,6-7,9-10H2. The fourth-order valence-corrected chi connectivity index (χ4v) is 6.32. The highest BCUT2D eigenvalue weighted by Crippen LogP contribution is 2.37. The first-order chi connectivity index (χ1) is 10.8. The molecular weight excluding hydrogens is 314 g/mol. The lowest BCUT2D eigenvalue weighted by atomic mass is 9.99. The Hall–Kier alpha value is -0.620. The van der Waals surface area contributed by atoms with Gasteiger partial charge in [-0.15, -0.1) is 0 Å². The summed E-state index contributed by atoms with van der Waals surface area (Å²) >= 11 is 0. The summed E-state index contributed by atoms with van der Waals surface area (Å²) < 4.78 is 5.48. The van der Waals surface area contributed by atoms with Gasteiger partial charge >= 0.3 is 0 Å². The van der Waals surface area contributed by atoms with Crippen molar-refractivity contribution in [3.63, 3.8) is 0 Å². The normalized spacial score (nSPS) is 25.7. The first-order valence-corrected chi connectivity index (χ1v) is 10.3. The van der Waals surface area contributed by atoms with Gasteiger partial charge in [-0.2, -0.15) is 0 Å². The van der Waals surface area contributed by atoms with Crippen molar-refractivity contribution in [1.29, 1.82) is 0 Å². The smallest absolute Gasteiger partial charge is 0.134 e. The largest absolute Gasteiger partial charge is 0.464 e. The molecule has 1 aromatic carbocycles. The second kappa shape index (κ2) is 6.48. The topological polar surface area (TPSA) is 45.4 Å². The number of rotatable bonds is 5. The average Bonchev–Trinajstić information content (AvgIpc) is 3.24. The molecule has 1 saturated heterocycles. The minimum atomic E-state index is -0.266. The summed E-state index contributed by atoms with van der Waals surface area (Å²) in [4.78, 5) is 0. The van der Waals surface area contributed by atoms with E-state index in [1.807, 2.05) is 27.7 Å². The van der Waals surface area contributed by atoms with Gasteiger partial charge in [0.25, 0.3) is 0 Å². The molecule has 118 valence electrons. The maximum Gasteiger partial charge on any atom is 0.134 e. The van der Waals surface area contributed by atoms with Crippen molar-refractivity contribution < 1.29 is 9.52 Å². The molecule has 0 bridgehead atoms. The van der Waals surface area contributed by atoms with Crippen LogP contribution in [0.4, 0.5) is 0 Å². The third kappa shape index (κ3) is 3.04. The molecule has 5 heteroatoms. The summed E-state index contributed by atoms with van der Waals surface area (Å²) in [6.07, 6.45) is 4.70. The van der Waals surface area contributed by atoms with E-state index in [-0.39, 0.29) is 6.10 Å². The SMILES string of the molecule is OC(CNCC1CCSS1)C1Cc2cc3ccoc3cc2C1. The summed E-state index contributed by atoms with van der Waals surface area (Å²) in [5.41, 5.74) is 3.68. The summed E-state index contributed by atoms with van der Waals surface area (Å²) in [5.74, 6) is 1.60. The van der Waals surface area contributed by atoms with E-state index < -0.39 is 0 Å². The predicted molar refractivity (Wildman–Crippen MR) is 94.4 cm³/mol. The first kappa shape index (κ1) is 14.9. The van der Waals surface area contributed by atoms with Gasteiger partial charge in [-0.1, -0.05) is 21.6 Å². The molecule has 1 fully saturated rings.